The van der Waals surface area contributed by atoms with E-state index in [9.17, 15) is 4.79 Å². The van der Waals surface area contributed by atoms with Crippen LogP contribution in [0, 0.1) is 5.92 Å². The van der Waals surface area contributed by atoms with Crippen LogP contribution in [-0.4, -0.2) is 42.6 Å². The number of carbonyl (C=O) groups excluding carboxylic acids is 1. The van der Waals surface area contributed by atoms with Crippen LogP contribution in [0.4, 0.5) is 0 Å². The lowest BCUT2D eigenvalue weighted by Crippen LogP contribution is -2.29. The number of nitrogens with zero attached hydrogens (tertiary/aromatic N) is 2. The number of likely N-dealkylation sites (tertiary alicyclic amines) is 1. The minimum absolute atomic E-state index is 0.0731. The van der Waals surface area contributed by atoms with Crippen molar-refractivity contribution in [3.05, 3.63) is 53.9 Å². The zero-order valence-electron chi connectivity index (χ0n) is 14.9. The summed E-state index contributed by atoms with van der Waals surface area (Å²) in [5.41, 5.74) is 2.23. The van der Waals surface area contributed by atoms with Crippen molar-refractivity contribution in [2.24, 2.45) is 5.92 Å². The number of aromatic nitrogens is 1. The first kappa shape index (κ1) is 16.8. The molecule has 0 aliphatic carbocycles. The Morgan fingerprint density at radius 2 is 2.08 bits per heavy atom. The number of benzene rings is 1. The van der Waals surface area contributed by atoms with E-state index in [1.807, 2.05) is 48.5 Å². The van der Waals surface area contributed by atoms with E-state index in [2.05, 4.69) is 10.3 Å². The topological polar surface area (TPSA) is 63.7 Å². The van der Waals surface area contributed by atoms with Crippen LogP contribution in [-0.2, 0) is 11.3 Å². The van der Waals surface area contributed by atoms with Gasteiger partial charge >= 0.3 is 0 Å². The van der Waals surface area contributed by atoms with Crippen molar-refractivity contribution >= 4 is 5.91 Å². The molecule has 0 radical (unpaired) electrons. The van der Waals surface area contributed by atoms with Gasteiger partial charge in [-0.1, -0.05) is 12.1 Å². The van der Waals surface area contributed by atoms with Crippen molar-refractivity contribution in [3.8, 4) is 11.5 Å². The molecule has 1 aromatic carbocycles. The molecule has 6 nitrogen and oxygen atoms in total. The van der Waals surface area contributed by atoms with Crippen molar-refractivity contribution in [1.29, 1.82) is 0 Å². The fourth-order valence-corrected chi connectivity index (χ4v) is 3.78. The molecule has 0 bridgehead atoms. The summed E-state index contributed by atoms with van der Waals surface area (Å²) in [6.07, 6.45) is 4.17. The van der Waals surface area contributed by atoms with E-state index in [0.29, 0.717) is 19.6 Å². The Hall–Kier alpha value is -2.60. The molecule has 3 heterocycles. The van der Waals surface area contributed by atoms with Crippen LogP contribution in [0.3, 0.4) is 0 Å². The zero-order valence-corrected chi connectivity index (χ0v) is 14.9. The molecule has 2 atom stereocenters. The number of pyridine rings is 1. The third-order valence-electron chi connectivity index (χ3n) is 5.06. The Morgan fingerprint density at radius 1 is 1.23 bits per heavy atom. The largest absolute Gasteiger partial charge is 0.486 e. The third-order valence-corrected chi connectivity index (χ3v) is 5.06. The fourth-order valence-electron chi connectivity index (χ4n) is 3.78. The smallest absolute Gasteiger partial charge is 0.223 e. The number of ether oxygens (including phenoxy) is 2. The van der Waals surface area contributed by atoms with E-state index >= 15 is 0 Å². The maximum absolute atomic E-state index is 12.2. The van der Waals surface area contributed by atoms with E-state index in [1.165, 1.54) is 0 Å². The SMILES string of the molecule is CN1C(=O)C[C@@H](CNCc2ccc3c(c2)OCCO3)[C@@H]1c1cccnc1. The summed E-state index contributed by atoms with van der Waals surface area (Å²) >= 11 is 0. The van der Waals surface area contributed by atoms with Gasteiger partial charge in [0.25, 0.3) is 0 Å². The van der Waals surface area contributed by atoms with Crippen molar-refractivity contribution in [1.82, 2.24) is 15.2 Å². The maximum Gasteiger partial charge on any atom is 0.223 e. The highest BCUT2D eigenvalue weighted by molar-refractivity contribution is 5.79. The summed E-state index contributed by atoms with van der Waals surface area (Å²) in [4.78, 5) is 18.3. The monoisotopic (exact) mass is 353 g/mol. The number of fused-ring (bicyclic) bond motifs is 1. The molecule has 1 aromatic heterocycles. The molecule has 0 spiro atoms. The van der Waals surface area contributed by atoms with Crippen LogP contribution in [0.25, 0.3) is 0 Å². The Morgan fingerprint density at radius 3 is 2.88 bits per heavy atom. The lowest BCUT2D eigenvalue weighted by atomic mass is 9.94. The molecule has 1 fully saturated rings. The van der Waals surface area contributed by atoms with Gasteiger partial charge < -0.3 is 19.7 Å². The van der Waals surface area contributed by atoms with Gasteiger partial charge in [-0.15, -0.1) is 0 Å². The van der Waals surface area contributed by atoms with Gasteiger partial charge in [0.1, 0.15) is 13.2 Å². The van der Waals surface area contributed by atoms with E-state index in [1.54, 1.807) is 6.20 Å². The van der Waals surface area contributed by atoms with Gasteiger partial charge in [0.15, 0.2) is 11.5 Å². The molecular weight excluding hydrogens is 330 g/mol. The standard InChI is InChI=1S/C20H23N3O3/c1-23-19(24)10-16(20(23)15-3-2-6-21-12-15)13-22-11-14-4-5-17-18(9-14)26-8-7-25-17/h2-6,9,12,16,20,22H,7-8,10-11,13H2,1H3/t16-,20-/m0/s1. The highest BCUT2D eigenvalue weighted by Crippen LogP contribution is 2.36. The number of nitrogens with one attached hydrogen (secondary N) is 1. The molecule has 6 heteroatoms. The van der Waals surface area contributed by atoms with E-state index in [0.717, 1.165) is 35.7 Å². The second kappa shape index (κ2) is 7.33. The van der Waals surface area contributed by atoms with Gasteiger partial charge in [-0.3, -0.25) is 9.78 Å². The average Bonchev–Trinajstić information content (AvgIpc) is 2.96. The van der Waals surface area contributed by atoms with Crippen molar-refractivity contribution in [2.45, 2.75) is 19.0 Å². The Balaban J connectivity index is 1.40. The molecule has 4 rings (SSSR count). The molecule has 0 unspecified atom stereocenters. The van der Waals surface area contributed by atoms with E-state index in [-0.39, 0.29) is 17.9 Å². The minimum atomic E-state index is 0.0731. The van der Waals surface area contributed by atoms with Gasteiger partial charge in [-0.25, -0.2) is 0 Å². The molecule has 1 saturated heterocycles. The number of hydrogen-bond donors (Lipinski definition) is 1. The van der Waals surface area contributed by atoms with Crippen molar-refractivity contribution in [3.63, 3.8) is 0 Å². The quantitative estimate of drug-likeness (QED) is 0.892. The number of amides is 1. The van der Waals surface area contributed by atoms with Crippen LogP contribution in [0.2, 0.25) is 0 Å². The van der Waals surface area contributed by atoms with E-state index in [4.69, 9.17) is 9.47 Å². The van der Waals surface area contributed by atoms with Gasteiger partial charge in [0.05, 0.1) is 6.04 Å². The maximum atomic E-state index is 12.2. The summed E-state index contributed by atoms with van der Waals surface area (Å²) in [5, 5.41) is 3.50. The van der Waals surface area contributed by atoms with Gasteiger partial charge in [0.2, 0.25) is 5.91 Å². The van der Waals surface area contributed by atoms with Gasteiger partial charge in [0, 0.05) is 44.9 Å². The Kier molecular flexibility index (Phi) is 4.75. The molecule has 1 amide bonds. The van der Waals surface area contributed by atoms with Crippen molar-refractivity contribution < 1.29 is 14.3 Å². The molecule has 2 aromatic rings. The molecule has 1 N–H and O–H groups in total. The fraction of sp³-hybridized carbons (Fsp3) is 0.400. The van der Waals surface area contributed by atoms with Crippen molar-refractivity contribution in [2.75, 3.05) is 26.8 Å². The van der Waals surface area contributed by atoms with Crippen LogP contribution >= 0.6 is 0 Å². The van der Waals surface area contributed by atoms with Crippen LogP contribution < -0.4 is 14.8 Å². The van der Waals surface area contributed by atoms with Crippen LogP contribution in [0.5, 0.6) is 11.5 Å². The number of rotatable bonds is 5. The first-order chi connectivity index (χ1) is 12.7. The summed E-state index contributed by atoms with van der Waals surface area (Å²) < 4.78 is 11.2. The summed E-state index contributed by atoms with van der Waals surface area (Å²) in [5.74, 6) is 2.03. The average molecular weight is 353 g/mol. The number of carbonyl (C=O) groups is 1. The van der Waals surface area contributed by atoms with E-state index < -0.39 is 0 Å². The number of hydrogen-bond acceptors (Lipinski definition) is 5. The summed E-state index contributed by atoms with van der Waals surface area (Å²) in [7, 11) is 1.88. The predicted octanol–water partition coefficient (Wildman–Crippen LogP) is 2.16. The molecule has 0 saturated carbocycles. The van der Waals surface area contributed by atoms with Crippen LogP contribution in [0.1, 0.15) is 23.6 Å². The summed E-state index contributed by atoms with van der Waals surface area (Å²) in [6.45, 7) is 2.69. The minimum Gasteiger partial charge on any atom is -0.486 e. The molecular formula is C20H23N3O3. The van der Waals surface area contributed by atoms with Crippen LogP contribution in [0.15, 0.2) is 42.7 Å². The first-order valence-corrected chi connectivity index (χ1v) is 8.97. The third kappa shape index (κ3) is 3.37. The predicted molar refractivity (Wildman–Crippen MR) is 97.0 cm³/mol. The zero-order chi connectivity index (χ0) is 17.9. The molecule has 2 aliphatic rings. The second-order valence-electron chi connectivity index (χ2n) is 6.81. The van der Waals surface area contributed by atoms with Gasteiger partial charge in [-0.2, -0.15) is 0 Å². The Labute approximate surface area is 153 Å². The lowest BCUT2D eigenvalue weighted by Gasteiger charge is -2.25. The second-order valence-corrected chi connectivity index (χ2v) is 6.81. The lowest BCUT2D eigenvalue weighted by molar-refractivity contribution is -0.127. The first-order valence-electron chi connectivity index (χ1n) is 8.97. The highest BCUT2D eigenvalue weighted by Gasteiger charge is 2.38. The molecule has 136 valence electrons. The summed E-state index contributed by atoms with van der Waals surface area (Å²) in [6, 6.07) is 10.1. The Bertz CT molecular complexity index is 781. The molecule has 26 heavy (non-hydrogen) atoms. The highest BCUT2D eigenvalue weighted by atomic mass is 16.6. The normalized spacial score (nSPS) is 21.9. The molecule has 2 aliphatic heterocycles. The van der Waals surface area contributed by atoms with Gasteiger partial charge in [-0.05, 0) is 29.3 Å².